The molecule has 0 bridgehead atoms. The molecular weight excluding hydrogens is 805 g/mol. The second-order valence-electron chi connectivity index (χ2n) is 17.3. The minimum absolute atomic E-state index is 0.105. The third kappa shape index (κ3) is 50.9. The quantitative estimate of drug-likeness (QED) is 0.0262. The summed E-state index contributed by atoms with van der Waals surface area (Å²) in [5.74, 6) is -0.968. The molecule has 0 heterocycles. The summed E-state index contributed by atoms with van der Waals surface area (Å²) < 4.78 is 16.8. The zero-order chi connectivity index (χ0) is 47.2. The molecule has 0 aliphatic rings. The molecule has 0 aliphatic carbocycles. The Kier molecular flexibility index (Phi) is 49.5. The van der Waals surface area contributed by atoms with Crippen molar-refractivity contribution >= 4 is 17.9 Å². The van der Waals surface area contributed by atoms with E-state index in [9.17, 15) is 14.4 Å². The highest BCUT2D eigenvalue weighted by molar-refractivity contribution is 5.71. The second-order valence-corrected chi connectivity index (χ2v) is 17.3. The topological polar surface area (TPSA) is 78.9 Å². The smallest absolute Gasteiger partial charge is 0.306 e. The van der Waals surface area contributed by atoms with Crippen molar-refractivity contribution in [3.8, 4) is 0 Å². The molecule has 0 saturated carbocycles. The van der Waals surface area contributed by atoms with E-state index in [1.165, 1.54) is 89.9 Å². The first-order chi connectivity index (χ1) is 32.0. The predicted octanol–water partition coefficient (Wildman–Crippen LogP) is 17.5. The van der Waals surface area contributed by atoms with Crippen LogP contribution in [-0.2, 0) is 28.6 Å². The minimum atomic E-state index is -0.805. The van der Waals surface area contributed by atoms with E-state index in [1.807, 2.05) is 60.8 Å². The average Bonchev–Trinajstić information content (AvgIpc) is 3.30. The monoisotopic (exact) mass is 901 g/mol. The average molecular weight is 901 g/mol. The summed E-state index contributed by atoms with van der Waals surface area (Å²) in [6.07, 6.45) is 70.7. The van der Waals surface area contributed by atoms with E-state index in [2.05, 4.69) is 69.4 Å². The lowest BCUT2D eigenvalue weighted by atomic mass is 10.0. The van der Waals surface area contributed by atoms with Crippen molar-refractivity contribution in [3.63, 3.8) is 0 Å². The Balaban J connectivity index is 4.49. The largest absolute Gasteiger partial charge is 0.462 e. The van der Waals surface area contributed by atoms with Gasteiger partial charge in [-0.3, -0.25) is 14.4 Å². The summed E-state index contributed by atoms with van der Waals surface area (Å²) in [5, 5.41) is 0. The van der Waals surface area contributed by atoms with Gasteiger partial charge in [0, 0.05) is 19.3 Å². The van der Waals surface area contributed by atoms with E-state index in [0.29, 0.717) is 19.3 Å². The molecule has 0 saturated heterocycles. The lowest BCUT2D eigenvalue weighted by Gasteiger charge is -2.18. The molecular formula is C59H96O6. The number of hydrogen-bond acceptors (Lipinski definition) is 6. The summed E-state index contributed by atoms with van der Waals surface area (Å²) in [4.78, 5) is 38.0. The highest BCUT2D eigenvalue weighted by Gasteiger charge is 2.19. The Hall–Kier alpha value is -3.93. The zero-order valence-electron chi connectivity index (χ0n) is 42.0. The lowest BCUT2D eigenvalue weighted by molar-refractivity contribution is -0.167. The minimum Gasteiger partial charge on any atom is -0.462 e. The van der Waals surface area contributed by atoms with Crippen LogP contribution in [0, 0.1) is 0 Å². The number of carbonyl (C=O) groups is 3. The van der Waals surface area contributed by atoms with Crippen LogP contribution < -0.4 is 0 Å². The molecule has 0 aromatic heterocycles. The van der Waals surface area contributed by atoms with Gasteiger partial charge >= 0.3 is 17.9 Å². The van der Waals surface area contributed by atoms with Crippen molar-refractivity contribution in [2.24, 2.45) is 0 Å². The van der Waals surface area contributed by atoms with E-state index in [1.54, 1.807) is 0 Å². The van der Waals surface area contributed by atoms with Crippen molar-refractivity contribution in [2.45, 2.75) is 232 Å². The van der Waals surface area contributed by atoms with E-state index in [-0.39, 0.29) is 31.1 Å². The van der Waals surface area contributed by atoms with Gasteiger partial charge in [0.1, 0.15) is 13.2 Å². The van der Waals surface area contributed by atoms with Crippen LogP contribution in [0.1, 0.15) is 226 Å². The van der Waals surface area contributed by atoms with Gasteiger partial charge in [-0.05, 0) is 57.8 Å². The lowest BCUT2D eigenvalue weighted by Crippen LogP contribution is -2.30. The van der Waals surface area contributed by atoms with Crippen LogP contribution in [0.25, 0.3) is 0 Å². The van der Waals surface area contributed by atoms with Crippen LogP contribution >= 0.6 is 0 Å². The van der Waals surface area contributed by atoms with Crippen LogP contribution in [0.15, 0.2) is 109 Å². The second kappa shape index (κ2) is 52.7. The number of carbonyl (C=O) groups excluding carboxylic acids is 3. The Morgan fingerprint density at radius 3 is 1.02 bits per heavy atom. The van der Waals surface area contributed by atoms with Crippen LogP contribution in [-0.4, -0.2) is 37.2 Å². The summed E-state index contributed by atoms with van der Waals surface area (Å²) >= 11 is 0. The number of esters is 3. The summed E-state index contributed by atoms with van der Waals surface area (Å²) in [7, 11) is 0. The number of unbranched alkanes of at least 4 members (excludes halogenated alkanes) is 24. The molecule has 6 nitrogen and oxygen atoms in total. The molecule has 0 rings (SSSR count). The van der Waals surface area contributed by atoms with E-state index in [0.717, 1.165) is 96.3 Å². The van der Waals surface area contributed by atoms with Gasteiger partial charge in [-0.25, -0.2) is 0 Å². The van der Waals surface area contributed by atoms with Crippen molar-refractivity contribution in [3.05, 3.63) is 109 Å². The van der Waals surface area contributed by atoms with Crippen molar-refractivity contribution in [1.29, 1.82) is 0 Å². The number of hydrogen-bond donors (Lipinski definition) is 0. The van der Waals surface area contributed by atoms with Gasteiger partial charge in [-0.1, -0.05) is 259 Å². The molecule has 0 N–H and O–H groups in total. The fraction of sp³-hybridized carbons (Fsp3) is 0.644. The van der Waals surface area contributed by atoms with Crippen molar-refractivity contribution in [1.82, 2.24) is 0 Å². The van der Waals surface area contributed by atoms with Gasteiger partial charge in [0.25, 0.3) is 0 Å². The molecule has 1 unspecified atom stereocenters. The molecule has 0 fully saturated rings. The van der Waals surface area contributed by atoms with Gasteiger partial charge in [0.05, 0.1) is 0 Å². The third-order valence-corrected chi connectivity index (χ3v) is 11.0. The molecule has 0 spiro atoms. The van der Waals surface area contributed by atoms with E-state index >= 15 is 0 Å². The summed E-state index contributed by atoms with van der Waals surface area (Å²) in [5.41, 5.74) is 0. The predicted molar refractivity (Wildman–Crippen MR) is 279 cm³/mol. The Morgan fingerprint density at radius 2 is 0.631 bits per heavy atom. The number of rotatable bonds is 46. The maximum atomic E-state index is 12.8. The zero-order valence-corrected chi connectivity index (χ0v) is 42.0. The molecule has 0 radical (unpaired) electrons. The molecule has 0 amide bonds. The SMILES string of the molecule is CC\C=C/C=C\C=C/C=C\CCCCCC(=O)OCC(COC(=O)CCCCCCC\C=C/C=C\C=C/C=C\C=C/CCC)OC(=O)CCCCCCCCCCCCCCCCCC. The van der Waals surface area contributed by atoms with Gasteiger partial charge in [-0.2, -0.15) is 0 Å². The van der Waals surface area contributed by atoms with Crippen LogP contribution in [0.4, 0.5) is 0 Å². The standard InChI is InChI=1S/C59H96O6/c1-4-7-10-13-16-19-22-25-27-29-30-32-34-37-40-43-46-49-52-58(61)64-55-56(54-63-57(60)51-48-45-42-39-36-33-24-21-18-15-12-9-6-3)65-59(62)53-50-47-44-41-38-35-31-28-26-23-20-17-14-11-8-5-2/h9-10,12-13,15-16,18-19,21-22,24-25,27,29-30,32-33,36,56H,4-8,11,14,17,20,23,26,28,31,34-35,37-55H2,1-3H3/b12-9-,13-10-,18-15-,19-16-,24-21-,25-22-,29-27-,32-30-,36-33-. The third-order valence-electron chi connectivity index (χ3n) is 11.0. The number of ether oxygens (including phenoxy) is 3. The van der Waals surface area contributed by atoms with Gasteiger partial charge in [0.15, 0.2) is 6.10 Å². The van der Waals surface area contributed by atoms with Crippen molar-refractivity contribution < 1.29 is 28.6 Å². The highest BCUT2D eigenvalue weighted by Crippen LogP contribution is 2.15. The van der Waals surface area contributed by atoms with Gasteiger partial charge in [0.2, 0.25) is 0 Å². The number of allylic oxidation sites excluding steroid dienone is 18. The first-order valence-corrected chi connectivity index (χ1v) is 26.5. The Labute approximate surface area is 400 Å². The molecule has 0 aromatic rings. The van der Waals surface area contributed by atoms with E-state index in [4.69, 9.17) is 14.2 Å². The maximum absolute atomic E-state index is 12.8. The van der Waals surface area contributed by atoms with Gasteiger partial charge in [-0.15, -0.1) is 0 Å². The van der Waals surface area contributed by atoms with Crippen LogP contribution in [0.5, 0.6) is 0 Å². The first kappa shape index (κ1) is 61.1. The Bertz CT molecular complexity index is 1360. The van der Waals surface area contributed by atoms with Crippen molar-refractivity contribution in [2.75, 3.05) is 13.2 Å². The molecule has 6 heteroatoms. The van der Waals surface area contributed by atoms with E-state index < -0.39 is 6.10 Å². The van der Waals surface area contributed by atoms with Crippen LogP contribution in [0.3, 0.4) is 0 Å². The molecule has 1 atom stereocenters. The first-order valence-electron chi connectivity index (χ1n) is 26.5. The molecule has 368 valence electrons. The Morgan fingerprint density at radius 1 is 0.323 bits per heavy atom. The fourth-order valence-corrected chi connectivity index (χ4v) is 7.01. The fourth-order valence-electron chi connectivity index (χ4n) is 7.01. The van der Waals surface area contributed by atoms with Crippen LogP contribution in [0.2, 0.25) is 0 Å². The summed E-state index contributed by atoms with van der Waals surface area (Å²) in [6, 6.07) is 0. The highest BCUT2D eigenvalue weighted by atomic mass is 16.6. The molecule has 0 aliphatic heterocycles. The maximum Gasteiger partial charge on any atom is 0.306 e. The molecule has 65 heavy (non-hydrogen) atoms. The summed E-state index contributed by atoms with van der Waals surface area (Å²) in [6.45, 7) is 6.35. The normalized spacial score (nSPS) is 13.0. The molecule has 0 aromatic carbocycles. The van der Waals surface area contributed by atoms with Gasteiger partial charge < -0.3 is 14.2 Å².